The Bertz CT molecular complexity index is 1210. The van der Waals surface area contributed by atoms with Crippen LogP contribution in [0.25, 0.3) is 33.1 Å². The highest BCUT2D eigenvalue weighted by molar-refractivity contribution is 6.55. The van der Waals surface area contributed by atoms with Crippen molar-refractivity contribution in [3.63, 3.8) is 0 Å². The minimum absolute atomic E-state index is 0.345. The predicted molar refractivity (Wildman–Crippen MR) is 94.4 cm³/mol. The quantitative estimate of drug-likeness (QED) is 0.478. The summed E-state index contributed by atoms with van der Waals surface area (Å²) in [7, 11) is 1.56. The first-order valence-electron chi connectivity index (χ1n) is 7.90. The van der Waals surface area contributed by atoms with Crippen molar-refractivity contribution < 1.29 is 18.7 Å². The Hall–Kier alpha value is -3.40. The number of ketones is 2. The highest BCUT2D eigenvalue weighted by Crippen LogP contribution is 2.43. The van der Waals surface area contributed by atoms with Crippen molar-refractivity contribution in [3.05, 3.63) is 65.7 Å². The first-order valence-corrected chi connectivity index (χ1v) is 7.90. The molecule has 3 aromatic carbocycles. The molecular formula is C21H12O4. The number of Topliss-reactive ketones (excluding diaryl/α,β-unsaturated/α-hetero) is 2. The molecular weight excluding hydrogens is 316 g/mol. The largest absolute Gasteiger partial charge is 0.497 e. The van der Waals surface area contributed by atoms with E-state index in [2.05, 4.69) is 0 Å². The van der Waals surface area contributed by atoms with Gasteiger partial charge in [0, 0.05) is 16.5 Å². The summed E-state index contributed by atoms with van der Waals surface area (Å²) in [5, 5.41) is 2.59. The van der Waals surface area contributed by atoms with E-state index in [9.17, 15) is 9.59 Å². The summed E-state index contributed by atoms with van der Waals surface area (Å²) in [6, 6.07) is 16.6. The van der Waals surface area contributed by atoms with Crippen molar-refractivity contribution in [2.75, 3.05) is 7.11 Å². The van der Waals surface area contributed by atoms with Gasteiger partial charge in [-0.25, -0.2) is 0 Å². The molecule has 0 bridgehead atoms. The van der Waals surface area contributed by atoms with Gasteiger partial charge in [-0.2, -0.15) is 0 Å². The van der Waals surface area contributed by atoms with Gasteiger partial charge in [0.2, 0.25) is 11.6 Å². The van der Waals surface area contributed by atoms with E-state index in [1.54, 1.807) is 25.3 Å². The molecule has 0 atom stereocenters. The van der Waals surface area contributed by atoms with E-state index in [0.717, 1.165) is 10.8 Å². The summed E-state index contributed by atoms with van der Waals surface area (Å²) >= 11 is 0. The van der Waals surface area contributed by atoms with Crippen LogP contribution in [-0.2, 0) is 0 Å². The SMILES string of the molecule is COc1ccc2c(c1)-c1oc3ccc4ccccc4c3c1C(=O)C2=O. The molecule has 1 aliphatic rings. The minimum atomic E-state index is -0.525. The molecule has 0 amide bonds. The number of rotatable bonds is 1. The number of methoxy groups -OCH3 is 1. The van der Waals surface area contributed by atoms with E-state index < -0.39 is 11.6 Å². The lowest BCUT2D eigenvalue weighted by atomic mass is 9.86. The smallest absolute Gasteiger partial charge is 0.238 e. The van der Waals surface area contributed by atoms with Gasteiger partial charge in [-0.05, 0) is 35.0 Å². The molecule has 0 saturated heterocycles. The van der Waals surface area contributed by atoms with E-state index >= 15 is 0 Å². The van der Waals surface area contributed by atoms with Crippen LogP contribution in [-0.4, -0.2) is 18.7 Å². The third-order valence-electron chi connectivity index (χ3n) is 4.73. The summed E-state index contributed by atoms with van der Waals surface area (Å²) in [5.41, 5.74) is 1.89. The second-order valence-corrected chi connectivity index (χ2v) is 6.04. The number of hydrogen-bond donors (Lipinski definition) is 0. The zero-order valence-electron chi connectivity index (χ0n) is 13.3. The Labute approximate surface area is 142 Å². The normalized spacial score (nSPS) is 13.2. The van der Waals surface area contributed by atoms with Gasteiger partial charge in [-0.15, -0.1) is 0 Å². The zero-order chi connectivity index (χ0) is 17.1. The van der Waals surface area contributed by atoms with Crippen molar-refractivity contribution in [1.82, 2.24) is 0 Å². The molecule has 0 radical (unpaired) electrons. The monoisotopic (exact) mass is 328 g/mol. The van der Waals surface area contributed by atoms with Crippen LogP contribution in [0.2, 0.25) is 0 Å². The van der Waals surface area contributed by atoms with E-state index in [4.69, 9.17) is 9.15 Å². The lowest BCUT2D eigenvalue weighted by molar-refractivity contribution is 0.0815. The van der Waals surface area contributed by atoms with Gasteiger partial charge in [-0.1, -0.05) is 30.3 Å². The van der Waals surface area contributed by atoms with Gasteiger partial charge in [-0.3, -0.25) is 9.59 Å². The van der Waals surface area contributed by atoms with Crippen LogP contribution in [0, 0.1) is 0 Å². The van der Waals surface area contributed by atoms with E-state index in [0.29, 0.717) is 39.2 Å². The standard InChI is InChI=1S/C21H12O4/c1-24-12-7-8-14-15(10-12)21-18(20(23)19(14)22)17-13-5-3-2-4-11(13)6-9-16(17)25-21/h2-10H,1H3. The maximum atomic E-state index is 12.8. The summed E-state index contributed by atoms with van der Waals surface area (Å²) in [5.74, 6) is 0.00516. The number of ether oxygens (including phenoxy) is 1. The van der Waals surface area contributed by atoms with Crippen LogP contribution >= 0.6 is 0 Å². The van der Waals surface area contributed by atoms with Gasteiger partial charge in [0.05, 0.1) is 12.7 Å². The molecule has 1 aliphatic carbocycles. The van der Waals surface area contributed by atoms with Crippen molar-refractivity contribution >= 4 is 33.3 Å². The first-order chi connectivity index (χ1) is 12.2. The molecule has 4 aromatic rings. The third kappa shape index (κ3) is 1.76. The molecule has 0 saturated carbocycles. The number of carbonyl (C=O) groups excluding carboxylic acids is 2. The average Bonchev–Trinajstić information content (AvgIpc) is 3.06. The van der Waals surface area contributed by atoms with Gasteiger partial charge >= 0.3 is 0 Å². The van der Waals surface area contributed by atoms with Crippen LogP contribution in [0.1, 0.15) is 20.7 Å². The van der Waals surface area contributed by atoms with Gasteiger partial charge in [0.25, 0.3) is 0 Å². The summed E-state index contributed by atoms with van der Waals surface area (Å²) in [6.07, 6.45) is 0. The van der Waals surface area contributed by atoms with Crippen molar-refractivity contribution in [1.29, 1.82) is 0 Å². The molecule has 0 fully saturated rings. The molecule has 0 N–H and O–H groups in total. The van der Waals surface area contributed by atoms with E-state index in [1.165, 1.54) is 0 Å². The van der Waals surface area contributed by atoms with Crippen molar-refractivity contribution in [3.8, 4) is 17.1 Å². The summed E-state index contributed by atoms with van der Waals surface area (Å²) < 4.78 is 11.3. The molecule has 120 valence electrons. The minimum Gasteiger partial charge on any atom is -0.497 e. The van der Waals surface area contributed by atoms with Crippen LogP contribution < -0.4 is 4.74 Å². The zero-order valence-corrected chi connectivity index (χ0v) is 13.3. The highest BCUT2D eigenvalue weighted by atomic mass is 16.5. The molecule has 0 aliphatic heterocycles. The predicted octanol–water partition coefficient (Wildman–Crippen LogP) is 4.64. The van der Waals surface area contributed by atoms with Crippen LogP contribution in [0.5, 0.6) is 5.75 Å². The Morgan fingerprint density at radius 1 is 0.880 bits per heavy atom. The maximum absolute atomic E-state index is 12.8. The lowest BCUT2D eigenvalue weighted by Gasteiger charge is -2.14. The molecule has 25 heavy (non-hydrogen) atoms. The van der Waals surface area contributed by atoms with Gasteiger partial charge in [0.1, 0.15) is 17.1 Å². The lowest BCUT2D eigenvalue weighted by Crippen LogP contribution is -2.20. The molecule has 4 heteroatoms. The number of hydrogen-bond acceptors (Lipinski definition) is 4. The first kappa shape index (κ1) is 14.0. The van der Waals surface area contributed by atoms with E-state index in [-0.39, 0.29) is 0 Å². The average molecular weight is 328 g/mol. The van der Waals surface area contributed by atoms with Crippen LogP contribution in [0.15, 0.2) is 59.0 Å². The number of carbonyl (C=O) groups is 2. The molecule has 1 heterocycles. The maximum Gasteiger partial charge on any atom is 0.238 e. The van der Waals surface area contributed by atoms with Crippen molar-refractivity contribution in [2.45, 2.75) is 0 Å². The molecule has 5 rings (SSSR count). The van der Waals surface area contributed by atoms with Gasteiger partial charge < -0.3 is 9.15 Å². The Morgan fingerprint density at radius 2 is 1.72 bits per heavy atom. The summed E-state index contributed by atoms with van der Waals surface area (Å²) in [4.78, 5) is 25.4. The Morgan fingerprint density at radius 3 is 2.56 bits per heavy atom. The topological polar surface area (TPSA) is 56.5 Å². The number of fused-ring (bicyclic) bond motifs is 7. The van der Waals surface area contributed by atoms with Crippen LogP contribution in [0.4, 0.5) is 0 Å². The number of benzene rings is 3. The fourth-order valence-corrected chi connectivity index (χ4v) is 3.55. The Kier molecular flexibility index (Phi) is 2.69. The fourth-order valence-electron chi connectivity index (χ4n) is 3.55. The highest BCUT2D eigenvalue weighted by Gasteiger charge is 2.36. The Balaban J connectivity index is 1.97. The fraction of sp³-hybridized carbons (Fsp3) is 0.0476. The molecule has 4 nitrogen and oxygen atoms in total. The molecule has 0 unspecified atom stereocenters. The second kappa shape index (κ2) is 4.80. The van der Waals surface area contributed by atoms with E-state index in [1.807, 2.05) is 36.4 Å². The van der Waals surface area contributed by atoms with Gasteiger partial charge in [0.15, 0.2) is 0 Å². The van der Waals surface area contributed by atoms with Crippen LogP contribution in [0.3, 0.4) is 0 Å². The second-order valence-electron chi connectivity index (χ2n) is 6.04. The third-order valence-corrected chi connectivity index (χ3v) is 4.73. The number of furan rings is 1. The molecule has 1 aromatic heterocycles. The van der Waals surface area contributed by atoms with Crippen molar-refractivity contribution in [2.24, 2.45) is 0 Å². The summed E-state index contributed by atoms with van der Waals surface area (Å²) in [6.45, 7) is 0. The molecule has 0 spiro atoms.